The number of aromatic nitrogens is 1. The smallest absolute Gasteiger partial charge is 0.341 e. The second-order valence-electron chi connectivity index (χ2n) is 8.07. The SMILES string of the molecule is NC12C=CC=CC1CN(c1cc3c(cc1F)c(=O)c(C(=O)O)cn3[C@@H]1C[C@@H]1F)C2. The number of allylic oxidation sites excluding steroid dienone is 2. The highest BCUT2D eigenvalue weighted by Gasteiger charge is 2.43. The molecule has 1 saturated heterocycles. The molecule has 2 heterocycles. The zero-order valence-electron chi connectivity index (χ0n) is 15.4. The van der Waals surface area contributed by atoms with E-state index in [4.69, 9.17) is 5.73 Å². The first-order valence-electron chi connectivity index (χ1n) is 9.44. The molecular formula is C21H19F2N3O3. The molecule has 4 atom stereocenters. The van der Waals surface area contributed by atoms with E-state index in [9.17, 15) is 19.1 Å². The molecule has 5 rings (SSSR count). The van der Waals surface area contributed by atoms with Crippen LogP contribution < -0.4 is 16.1 Å². The van der Waals surface area contributed by atoms with Crippen molar-refractivity contribution in [3.63, 3.8) is 0 Å². The van der Waals surface area contributed by atoms with Gasteiger partial charge in [0.1, 0.15) is 17.6 Å². The summed E-state index contributed by atoms with van der Waals surface area (Å²) in [4.78, 5) is 25.8. The van der Waals surface area contributed by atoms with Crippen LogP contribution in [0.25, 0.3) is 10.9 Å². The van der Waals surface area contributed by atoms with Crippen molar-refractivity contribution in [1.29, 1.82) is 0 Å². The van der Waals surface area contributed by atoms with Crippen molar-refractivity contribution in [3.05, 3.63) is 64.2 Å². The largest absolute Gasteiger partial charge is 0.477 e. The van der Waals surface area contributed by atoms with Gasteiger partial charge in [0.05, 0.1) is 22.8 Å². The van der Waals surface area contributed by atoms with Gasteiger partial charge < -0.3 is 20.3 Å². The van der Waals surface area contributed by atoms with Gasteiger partial charge in [0.25, 0.3) is 0 Å². The highest BCUT2D eigenvalue weighted by atomic mass is 19.1. The topological polar surface area (TPSA) is 88.6 Å². The van der Waals surface area contributed by atoms with E-state index in [1.165, 1.54) is 16.8 Å². The monoisotopic (exact) mass is 399 g/mol. The molecule has 0 radical (unpaired) electrons. The van der Waals surface area contributed by atoms with E-state index < -0.39 is 40.5 Å². The Kier molecular flexibility index (Phi) is 3.73. The van der Waals surface area contributed by atoms with Gasteiger partial charge in [-0.1, -0.05) is 24.3 Å². The number of pyridine rings is 1. The average Bonchev–Trinajstić information content (AvgIpc) is 3.28. The number of benzene rings is 1. The molecule has 3 aliphatic rings. The van der Waals surface area contributed by atoms with Gasteiger partial charge in [0.2, 0.25) is 5.43 Å². The van der Waals surface area contributed by atoms with Gasteiger partial charge in [-0.25, -0.2) is 13.6 Å². The van der Waals surface area contributed by atoms with Gasteiger partial charge in [-0.3, -0.25) is 4.79 Å². The molecule has 3 N–H and O–H groups in total. The van der Waals surface area contributed by atoms with Crippen molar-refractivity contribution in [1.82, 2.24) is 4.57 Å². The number of alkyl halides is 1. The Morgan fingerprint density at radius 1 is 1.31 bits per heavy atom. The van der Waals surface area contributed by atoms with Crippen LogP contribution in [-0.4, -0.2) is 40.4 Å². The van der Waals surface area contributed by atoms with Gasteiger partial charge in [0, 0.05) is 37.0 Å². The summed E-state index contributed by atoms with van der Waals surface area (Å²) in [6.07, 6.45) is 7.96. The number of anilines is 1. The van der Waals surface area contributed by atoms with Crippen LogP contribution in [0.3, 0.4) is 0 Å². The lowest BCUT2D eigenvalue weighted by Crippen LogP contribution is -2.46. The highest BCUT2D eigenvalue weighted by Crippen LogP contribution is 2.42. The minimum absolute atomic E-state index is 0.0258. The number of halogens is 2. The zero-order chi connectivity index (χ0) is 20.5. The third-order valence-corrected chi connectivity index (χ3v) is 6.14. The maximum Gasteiger partial charge on any atom is 0.341 e. The number of carboxylic acids is 1. The Hall–Kier alpha value is -3.00. The third-order valence-electron chi connectivity index (χ3n) is 6.14. The molecule has 2 unspecified atom stereocenters. The van der Waals surface area contributed by atoms with Crippen molar-refractivity contribution in [2.24, 2.45) is 11.7 Å². The molecule has 1 aromatic heterocycles. The second kappa shape index (κ2) is 6.00. The van der Waals surface area contributed by atoms with Gasteiger partial charge in [0.15, 0.2) is 0 Å². The number of nitrogens with two attached hydrogens (primary N) is 1. The van der Waals surface area contributed by atoms with Crippen LogP contribution in [-0.2, 0) is 0 Å². The predicted octanol–water partition coefficient (Wildman–Crippen LogP) is 2.38. The number of rotatable bonds is 3. The molecule has 150 valence electrons. The molecule has 1 aliphatic heterocycles. The number of aromatic carboxylic acids is 1. The van der Waals surface area contributed by atoms with E-state index >= 15 is 4.39 Å². The molecule has 0 amide bonds. The standard InChI is InChI=1S/C21H19F2N3O3/c22-14-5-12-16(26(18-6-15(18)23)9-13(19(12)27)20(28)29)7-17(14)25-8-11-3-1-2-4-21(11,24)10-25/h1-5,7,9,11,15,18H,6,8,10,24H2,(H,28,29)/t11?,15-,18+,21?/m0/s1. The fraction of sp³-hybridized carbons (Fsp3) is 0.333. The molecule has 6 nitrogen and oxygen atoms in total. The second-order valence-corrected chi connectivity index (χ2v) is 8.07. The van der Waals surface area contributed by atoms with Gasteiger partial charge in [-0.05, 0) is 12.1 Å². The molecule has 0 spiro atoms. The third kappa shape index (κ3) is 2.70. The fourth-order valence-corrected chi connectivity index (χ4v) is 4.42. The first kappa shape index (κ1) is 18.1. The summed E-state index contributed by atoms with van der Waals surface area (Å²) in [5.74, 6) is -2.03. The van der Waals surface area contributed by atoms with Crippen LogP contribution in [0.1, 0.15) is 22.8 Å². The summed E-state index contributed by atoms with van der Waals surface area (Å²) in [5, 5.41) is 9.26. The molecule has 0 bridgehead atoms. The lowest BCUT2D eigenvalue weighted by Gasteiger charge is -2.26. The van der Waals surface area contributed by atoms with Gasteiger partial charge in [-0.15, -0.1) is 0 Å². The Balaban J connectivity index is 1.67. The van der Waals surface area contributed by atoms with Crippen LogP contribution >= 0.6 is 0 Å². The summed E-state index contributed by atoms with van der Waals surface area (Å²) < 4.78 is 30.3. The molecule has 2 fully saturated rings. The van der Waals surface area contributed by atoms with E-state index in [0.717, 1.165) is 6.07 Å². The number of hydrogen-bond donors (Lipinski definition) is 2. The van der Waals surface area contributed by atoms with Gasteiger partial charge in [-0.2, -0.15) is 0 Å². The Bertz CT molecular complexity index is 1170. The van der Waals surface area contributed by atoms with Crippen LogP contribution in [0.15, 0.2) is 47.4 Å². The maximum absolute atomic E-state index is 15.0. The minimum atomic E-state index is -1.42. The van der Waals surface area contributed by atoms with Crippen molar-refractivity contribution in [2.75, 3.05) is 18.0 Å². The lowest BCUT2D eigenvalue weighted by atomic mass is 9.85. The number of carbonyl (C=O) groups is 1. The van der Waals surface area contributed by atoms with E-state index in [0.29, 0.717) is 18.6 Å². The predicted molar refractivity (Wildman–Crippen MR) is 105 cm³/mol. The van der Waals surface area contributed by atoms with Crippen molar-refractivity contribution in [3.8, 4) is 0 Å². The van der Waals surface area contributed by atoms with Crippen LogP contribution in [0.4, 0.5) is 14.5 Å². The fourth-order valence-electron chi connectivity index (χ4n) is 4.42. The van der Waals surface area contributed by atoms with Crippen LogP contribution in [0.5, 0.6) is 0 Å². The highest BCUT2D eigenvalue weighted by molar-refractivity contribution is 5.93. The molecular weight excluding hydrogens is 380 g/mol. The number of hydrogen-bond acceptors (Lipinski definition) is 4. The Labute approximate surface area is 164 Å². The summed E-state index contributed by atoms with van der Waals surface area (Å²) in [6.45, 7) is 0.903. The molecule has 2 aliphatic carbocycles. The van der Waals surface area contributed by atoms with Crippen molar-refractivity contribution in [2.45, 2.75) is 24.2 Å². The summed E-state index contributed by atoms with van der Waals surface area (Å²) >= 11 is 0. The number of carboxylic acid groups (broad SMARTS) is 1. The minimum Gasteiger partial charge on any atom is -0.477 e. The van der Waals surface area contributed by atoms with E-state index in [-0.39, 0.29) is 23.4 Å². The number of fused-ring (bicyclic) bond motifs is 2. The first-order chi connectivity index (χ1) is 13.8. The van der Waals surface area contributed by atoms with E-state index in [1.807, 2.05) is 29.2 Å². The summed E-state index contributed by atoms with van der Waals surface area (Å²) in [7, 11) is 0. The lowest BCUT2D eigenvalue weighted by molar-refractivity contribution is 0.0694. The van der Waals surface area contributed by atoms with Crippen LogP contribution in [0, 0.1) is 11.7 Å². The molecule has 2 aromatic rings. The zero-order valence-corrected chi connectivity index (χ0v) is 15.4. The quantitative estimate of drug-likeness (QED) is 0.827. The van der Waals surface area contributed by atoms with E-state index in [2.05, 4.69) is 0 Å². The maximum atomic E-state index is 15.0. The molecule has 29 heavy (non-hydrogen) atoms. The summed E-state index contributed by atoms with van der Waals surface area (Å²) in [6, 6.07) is 2.02. The normalized spacial score (nSPS) is 30.0. The van der Waals surface area contributed by atoms with Crippen LogP contribution in [0.2, 0.25) is 0 Å². The van der Waals surface area contributed by atoms with Gasteiger partial charge >= 0.3 is 5.97 Å². The van der Waals surface area contributed by atoms with Crippen molar-refractivity contribution >= 4 is 22.6 Å². The Morgan fingerprint density at radius 2 is 2.07 bits per heavy atom. The number of nitrogens with zero attached hydrogens (tertiary/aromatic N) is 2. The van der Waals surface area contributed by atoms with E-state index in [1.54, 1.807) is 0 Å². The summed E-state index contributed by atoms with van der Waals surface area (Å²) in [5.41, 5.74) is 5.19. The first-order valence-corrected chi connectivity index (χ1v) is 9.44. The average molecular weight is 399 g/mol. The molecule has 1 aromatic carbocycles. The molecule has 1 saturated carbocycles. The van der Waals surface area contributed by atoms with Crippen molar-refractivity contribution < 1.29 is 18.7 Å². The Morgan fingerprint density at radius 3 is 2.72 bits per heavy atom. The molecule has 8 heteroatoms.